The normalized spacial score (nSPS) is 32.9. The Kier molecular flexibility index (Phi) is 5.30. The van der Waals surface area contributed by atoms with Gasteiger partial charge in [0, 0.05) is 5.41 Å². The van der Waals surface area contributed by atoms with Gasteiger partial charge in [-0.15, -0.1) is 0 Å². The Morgan fingerprint density at radius 3 is 2.67 bits per heavy atom. The summed E-state index contributed by atoms with van der Waals surface area (Å²) in [6.07, 6.45) is 0.898. The van der Waals surface area contributed by atoms with Crippen LogP contribution in [-0.4, -0.2) is 69.5 Å². The van der Waals surface area contributed by atoms with E-state index in [0.29, 0.717) is 22.7 Å². The molecule has 4 rings (SSSR count). The summed E-state index contributed by atoms with van der Waals surface area (Å²) in [6.45, 7) is -0.556. The molecule has 14 nitrogen and oxygen atoms in total. The Morgan fingerprint density at radius 1 is 1.33 bits per heavy atom. The molecule has 17 heteroatoms. The fourth-order valence-corrected chi connectivity index (χ4v) is 6.15. The predicted octanol–water partition coefficient (Wildman–Crippen LogP) is -0.361. The minimum atomic E-state index is -5.27. The van der Waals surface area contributed by atoms with Crippen LogP contribution in [0.15, 0.2) is 11.5 Å². The maximum atomic E-state index is 11.8. The first-order chi connectivity index (χ1) is 13.9. The lowest BCUT2D eigenvalue weighted by Crippen LogP contribution is -2.35. The summed E-state index contributed by atoms with van der Waals surface area (Å²) in [4.78, 5) is 39.6. The molecule has 0 aromatic carbocycles. The molecule has 2 heterocycles. The molecule has 0 spiro atoms. The fraction of sp³-hybridized carbons (Fsp3) is 0.615. The summed E-state index contributed by atoms with van der Waals surface area (Å²) in [5, 5.41) is 21.6. The zero-order valence-electron chi connectivity index (χ0n) is 15.3. The van der Waals surface area contributed by atoms with Crippen molar-refractivity contribution in [3.8, 4) is 0 Å². The molecule has 2 fully saturated rings. The zero-order chi connectivity index (χ0) is 22.1. The van der Waals surface area contributed by atoms with Crippen molar-refractivity contribution >= 4 is 44.4 Å². The van der Waals surface area contributed by atoms with Gasteiger partial charge in [0.2, 0.25) is 0 Å². The first-order valence-corrected chi connectivity index (χ1v) is 12.8. The number of hydrogen-bond acceptors (Lipinski definition) is 11. The minimum absolute atomic E-state index is 0.164. The molecule has 0 saturated heterocycles. The molecule has 166 valence electrons. The van der Waals surface area contributed by atoms with Crippen LogP contribution in [-0.2, 0) is 18.0 Å². The topological polar surface area (TPSA) is 223 Å². The SMILES string of the molecule is CSc1nc(N)c2ncn(C3[C@H]4C[C@@]4(COP(=O)(O)OP(=O)(O)O)[C@@H](O)[C@H]3O)c2n1. The number of anilines is 1. The smallest absolute Gasteiger partial charge is 0.390 e. The quantitative estimate of drug-likeness (QED) is 0.168. The number of hydrogen-bond donors (Lipinski definition) is 6. The Hall–Kier alpha value is -1.12. The lowest BCUT2D eigenvalue weighted by Gasteiger charge is -2.24. The highest BCUT2D eigenvalue weighted by Gasteiger charge is 2.72. The van der Waals surface area contributed by atoms with Gasteiger partial charge in [0.05, 0.1) is 25.1 Å². The Labute approximate surface area is 173 Å². The molecule has 2 saturated carbocycles. The number of thioether (sulfide) groups is 1. The van der Waals surface area contributed by atoms with E-state index < -0.39 is 45.9 Å². The Bertz CT molecular complexity index is 1090. The van der Waals surface area contributed by atoms with Gasteiger partial charge in [-0.1, -0.05) is 11.8 Å². The van der Waals surface area contributed by atoms with Gasteiger partial charge >= 0.3 is 15.6 Å². The van der Waals surface area contributed by atoms with Crippen LogP contribution in [0.4, 0.5) is 5.82 Å². The number of phosphoric ester groups is 1. The van der Waals surface area contributed by atoms with Crippen LogP contribution in [0.25, 0.3) is 11.2 Å². The van der Waals surface area contributed by atoms with E-state index >= 15 is 0 Å². The van der Waals surface area contributed by atoms with Gasteiger partial charge in [-0.05, 0) is 18.6 Å². The molecule has 30 heavy (non-hydrogen) atoms. The van der Waals surface area contributed by atoms with E-state index in [1.165, 1.54) is 18.1 Å². The van der Waals surface area contributed by atoms with Crippen molar-refractivity contribution in [3.63, 3.8) is 0 Å². The van der Waals surface area contributed by atoms with Crippen molar-refractivity contribution in [2.75, 3.05) is 18.6 Å². The molecule has 7 N–H and O–H groups in total. The van der Waals surface area contributed by atoms with Crippen LogP contribution < -0.4 is 5.73 Å². The molecule has 6 atom stereocenters. The molecule has 0 amide bonds. The lowest BCUT2D eigenvalue weighted by molar-refractivity contribution is -0.0297. The largest absolute Gasteiger partial charge is 0.481 e. The second kappa shape index (κ2) is 7.20. The number of imidazole rings is 1. The van der Waals surface area contributed by atoms with Gasteiger partial charge in [-0.3, -0.25) is 4.52 Å². The van der Waals surface area contributed by atoms with E-state index in [9.17, 15) is 24.2 Å². The summed E-state index contributed by atoms with van der Waals surface area (Å²) in [6, 6.07) is -0.682. The van der Waals surface area contributed by atoms with E-state index in [-0.39, 0.29) is 11.7 Å². The van der Waals surface area contributed by atoms with Crippen molar-refractivity contribution in [2.24, 2.45) is 11.3 Å². The summed E-state index contributed by atoms with van der Waals surface area (Å²) in [5.74, 6) is -0.221. The number of rotatable bonds is 7. The molecule has 2 aliphatic rings. The number of nitrogens with zero attached hydrogens (tertiary/aromatic N) is 4. The third-order valence-electron chi connectivity index (χ3n) is 5.49. The Balaban J connectivity index is 1.60. The lowest BCUT2D eigenvalue weighted by atomic mass is 10.0. The molecule has 0 radical (unpaired) electrons. The molecule has 2 aromatic heterocycles. The highest BCUT2D eigenvalue weighted by molar-refractivity contribution is 7.98. The van der Waals surface area contributed by atoms with Crippen molar-refractivity contribution in [3.05, 3.63) is 6.33 Å². The van der Waals surface area contributed by atoms with Gasteiger partial charge in [0.25, 0.3) is 0 Å². The van der Waals surface area contributed by atoms with Gasteiger partial charge < -0.3 is 35.2 Å². The summed E-state index contributed by atoms with van der Waals surface area (Å²) in [7, 11) is -10.3. The zero-order valence-corrected chi connectivity index (χ0v) is 17.9. The number of fused-ring (bicyclic) bond motifs is 2. The third kappa shape index (κ3) is 3.69. The van der Waals surface area contributed by atoms with Crippen LogP contribution in [0.1, 0.15) is 12.5 Å². The number of phosphoric acid groups is 2. The maximum absolute atomic E-state index is 11.8. The maximum Gasteiger partial charge on any atom is 0.481 e. The number of aromatic nitrogens is 4. The van der Waals surface area contributed by atoms with E-state index in [0.717, 1.165) is 0 Å². The molecular formula is C13H19N5O9P2S. The number of aliphatic hydroxyl groups excluding tert-OH is 2. The predicted molar refractivity (Wildman–Crippen MR) is 102 cm³/mol. The molecule has 0 bridgehead atoms. The number of aliphatic hydroxyl groups is 2. The van der Waals surface area contributed by atoms with Gasteiger partial charge in [-0.25, -0.2) is 24.1 Å². The minimum Gasteiger partial charge on any atom is -0.390 e. The van der Waals surface area contributed by atoms with Crippen molar-refractivity contribution in [1.82, 2.24) is 19.5 Å². The molecule has 2 aliphatic carbocycles. The summed E-state index contributed by atoms with van der Waals surface area (Å²) < 4.78 is 32.6. The molecule has 0 aliphatic heterocycles. The van der Waals surface area contributed by atoms with E-state index in [1.807, 2.05) is 0 Å². The van der Waals surface area contributed by atoms with Gasteiger partial charge in [-0.2, -0.15) is 4.31 Å². The second-order valence-electron chi connectivity index (χ2n) is 7.20. The van der Waals surface area contributed by atoms with Crippen LogP contribution in [0.5, 0.6) is 0 Å². The first kappa shape index (κ1) is 22.1. The molecule has 2 aromatic rings. The van der Waals surface area contributed by atoms with Crippen molar-refractivity contribution in [1.29, 1.82) is 0 Å². The van der Waals surface area contributed by atoms with Gasteiger partial charge in [0.15, 0.2) is 16.6 Å². The summed E-state index contributed by atoms with van der Waals surface area (Å²) >= 11 is 1.27. The first-order valence-electron chi connectivity index (χ1n) is 8.53. The van der Waals surface area contributed by atoms with Gasteiger partial charge in [0.1, 0.15) is 11.6 Å². The van der Waals surface area contributed by atoms with Crippen molar-refractivity contribution < 1.29 is 42.9 Å². The van der Waals surface area contributed by atoms with Crippen LogP contribution in [0.3, 0.4) is 0 Å². The standard InChI is InChI=1S/C13H19N5O9P2S/c1-30-12-16-10(14)6-11(17-12)18(4-15-6)7-5-2-13(5,9(20)8(7)19)3-26-29(24,25)27-28(21,22)23/h4-5,7-9,19-20H,2-3H2,1H3,(H,24,25)(H2,14,16,17)(H2,21,22,23)/t5-,7?,8+,9+,13+/m1/s1. The summed E-state index contributed by atoms with van der Waals surface area (Å²) in [5.41, 5.74) is 5.51. The van der Waals surface area contributed by atoms with E-state index in [4.69, 9.17) is 20.0 Å². The highest BCUT2D eigenvalue weighted by Crippen LogP contribution is 2.69. The molecule has 2 unspecified atom stereocenters. The van der Waals surface area contributed by atoms with Crippen molar-refractivity contribution in [2.45, 2.75) is 29.8 Å². The Morgan fingerprint density at radius 2 is 2.03 bits per heavy atom. The van der Waals surface area contributed by atoms with E-state index in [1.54, 1.807) is 10.8 Å². The number of nitrogen functional groups attached to an aromatic ring is 1. The average molecular weight is 483 g/mol. The molecular weight excluding hydrogens is 464 g/mol. The van der Waals surface area contributed by atoms with Crippen LogP contribution >= 0.6 is 27.4 Å². The number of nitrogens with two attached hydrogens (primary N) is 1. The average Bonchev–Trinajstić information content (AvgIpc) is 3.13. The third-order valence-corrected chi connectivity index (χ3v) is 8.17. The monoisotopic (exact) mass is 483 g/mol. The van der Waals surface area contributed by atoms with Crippen LogP contribution in [0.2, 0.25) is 0 Å². The highest BCUT2D eigenvalue weighted by atomic mass is 32.2. The van der Waals surface area contributed by atoms with Crippen LogP contribution in [0, 0.1) is 11.3 Å². The van der Waals surface area contributed by atoms with E-state index in [2.05, 4.69) is 19.3 Å². The second-order valence-corrected chi connectivity index (χ2v) is 10.8. The fourth-order valence-electron chi connectivity index (χ4n) is 4.11.